The SMILES string of the molecule is Cc1ccnc2cc(CN(C=O)C(=O)C3C(C)C3(C)C)sc12. The van der Waals surface area contributed by atoms with E-state index in [9.17, 15) is 9.59 Å². The van der Waals surface area contributed by atoms with Crippen LogP contribution in [0.25, 0.3) is 10.2 Å². The Bertz CT molecular complexity index is 750. The van der Waals surface area contributed by atoms with Gasteiger partial charge in [0.25, 0.3) is 0 Å². The fraction of sp³-hybridized carbons (Fsp3) is 0.471. The first-order valence-electron chi connectivity index (χ1n) is 7.46. The summed E-state index contributed by atoms with van der Waals surface area (Å²) in [6.45, 7) is 8.60. The van der Waals surface area contributed by atoms with E-state index in [1.165, 1.54) is 10.5 Å². The van der Waals surface area contributed by atoms with Crippen LogP contribution < -0.4 is 0 Å². The minimum absolute atomic E-state index is 0.00332. The summed E-state index contributed by atoms with van der Waals surface area (Å²) in [6, 6.07) is 3.94. The predicted octanol–water partition coefficient (Wildman–Crippen LogP) is 3.38. The van der Waals surface area contributed by atoms with Crippen molar-refractivity contribution in [2.45, 2.75) is 34.2 Å². The fourth-order valence-electron chi connectivity index (χ4n) is 3.13. The van der Waals surface area contributed by atoms with Crippen LogP contribution >= 0.6 is 11.3 Å². The number of thiophene rings is 1. The third-order valence-electron chi connectivity index (χ3n) is 5.03. The number of aryl methyl sites for hydroxylation is 1. The lowest BCUT2D eigenvalue weighted by Gasteiger charge is -2.15. The van der Waals surface area contributed by atoms with Gasteiger partial charge in [0.05, 0.1) is 16.8 Å². The van der Waals surface area contributed by atoms with Gasteiger partial charge in [-0.2, -0.15) is 0 Å². The topological polar surface area (TPSA) is 50.3 Å². The van der Waals surface area contributed by atoms with Crippen molar-refractivity contribution in [1.29, 1.82) is 0 Å². The quantitative estimate of drug-likeness (QED) is 0.813. The summed E-state index contributed by atoms with van der Waals surface area (Å²) in [4.78, 5) is 30.6. The number of nitrogens with zero attached hydrogens (tertiary/aromatic N) is 2. The van der Waals surface area contributed by atoms with E-state index in [1.807, 2.05) is 19.1 Å². The van der Waals surface area contributed by atoms with Gasteiger partial charge in [-0.25, -0.2) is 0 Å². The molecule has 1 fully saturated rings. The molecule has 0 aliphatic heterocycles. The zero-order valence-corrected chi connectivity index (χ0v) is 14.1. The first kappa shape index (κ1) is 15.2. The number of aromatic nitrogens is 1. The van der Waals surface area contributed by atoms with Crippen LogP contribution in [-0.4, -0.2) is 22.2 Å². The van der Waals surface area contributed by atoms with Crippen molar-refractivity contribution in [3.8, 4) is 0 Å². The van der Waals surface area contributed by atoms with Gasteiger partial charge in [-0.1, -0.05) is 20.8 Å². The third kappa shape index (κ3) is 2.33. The molecule has 0 saturated heterocycles. The zero-order valence-electron chi connectivity index (χ0n) is 13.3. The van der Waals surface area contributed by atoms with Crippen LogP contribution in [0, 0.1) is 24.2 Å². The molecular weight excluding hydrogens is 296 g/mol. The summed E-state index contributed by atoms with van der Waals surface area (Å²) in [7, 11) is 0. The number of amides is 2. The van der Waals surface area contributed by atoms with Crippen LogP contribution in [0.5, 0.6) is 0 Å². The van der Waals surface area contributed by atoms with Crippen molar-refractivity contribution < 1.29 is 9.59 Å². The lowest BCUT2D eigenvalue weighted by atomic mass is 10.1. The van der Waals surface area contributed by atoms with Crippen LogP contribution in [0.1, 0.15) is 31.2 Å². The Labute approximate surface area is 134 Å². The van der Waals surface area contributed by atoms with Crippen molar-refractivity contribution in [3.05, 3.63) is 28.8 Å². The highest BCUT2D eigenvalue weighted by atomic mass is 32.1. The molecule has 5 heteroatoms. The van der Waals surface area contributed by atoms with Crippen molar-refractivity contribution in [3.63, 3.8) is 0 Å². The molecule has 0 radical (unpaired) electrons. The first-order valence-corrected chi connectivity index (χ1v) is 8.27. The Balaban J connectivity index is 1.82. The summed E-state index contributed by atoms with van der Waals surface area (Å²) >= 11 is 1.60. The van der Waals surface area contributed by atoms with Crippen LogP contribution in [0.2, 0.25) is 0 Å². The second-order valence-corrected chi connectivity index (χ2v) is 7.85. The van der Waals surface area contributed by atoms with Crippen LogP contribution in [-0.2, 0) is 16.1 Å². The van der Waals surface area contributed by atoms with Crippen molar-refractivity contribution >= 4 is 33.9 Å². The van der Waals surface area contributed by atoms with E-state index in [0.717, 1.165) is 15.1 Å². The summed E-state index contributed by atoms with van der Waals surface area (Å²) in [5.41, 5.74) is 2.09. The molecule has 0 bridgehead atoms. The van der Waals surface area contributed by atoms with E-state index in [2.05, 4.69) is 25.8 Å². The average Bonchev–Trinajstić information content (AvgIpc) is 2.83. The third-order valence-corrected chi connectivity index (χ3v) is 6.27. The molecular formula is C17H20N2O2S. The molecule has 116 valence electrons. The highest BCUT2D eigenvalue weighted by Gasteiger charge is 2.59. The zero-order chi connectivity index (χ0) is 16.1. The minimum Gasteiger partial charge on any atom is -0.280 e. The number of hydrogen-bond acceptors (Lipinski definition) is 4. The lowest BCUT2D eigenvalue weighted by Crippen LogP contribution is -2.31. The maximum absolute atomic E-state index is 12.5. The van der Waals surface area contributed by atoms with Gasteiger partial charge in [-0.3, -0.25) is 19.5 Å². The number of carbonyl (C=O) groups excluding carboxylic acids is 2. The van der Waals surface area contributed by atoms with Crippen LogP contribution in [0.15, 0.2) is 18.3 Å². The Morgan fingerprint density at radius 3 is 2.73 bits per heavy atom. The fourth-order valence-corrected chi connectivity index (χ4v) is 4.21. The van der Waals surface area contributed by atoms with Gasteiger partial charge in [-0.15, -0.1) is 11.3 Å². The second kappa shape index (κ2) is 5.16. The van der Waals surface area contributed by atoms with Gasteiger partial charge < -0.3 is 0 Å². The Kier molecular flexibility index (Phi) is 3.56. The molecule has 2 unspecified atom stereocenters. The van der Waals surface area contributed by atoms with E-state index in [-0.39, 0.29) is 17.2 Å². The highest BCUT2D eigenvalue weighted by molar-refractivity contribution is 7.19. The predicted molar refractivity (Wildman–Crippen MR) is 87.4 cm³/mol. The molecule has 2 atom stereocenters. The van der Waals surface area contributed by atoms with Gasteiger partial charge in [-0.05, 0) is 36.0 Å². The Hall–Kier alpha value is -1.75. The van der Waals surface area contributed by atoms with Gasteiger partial charge in [0.2, 0.25) is 12.3 Å². The number of pyridine rings is 1. The number of rotatable bonds is 4. The molecule has 2 aromatic rings. The molecule has 1 aliphatic carbocycles. The summed E-state index contributed by atoms with van der Waals surface area (Å²) in [5.74, 6) is 0.218. The van der Waals surface area contributed by atoms with Crippen LogP contribution in [0.3, 0.4) is 0 Å². The normalized spacial score (nSPS) is 22.5. The molecule has 1 aliphatic rings. The monoisotopic (exact) mass is 316 g/mol. The second-order valence-electron chi connectivity index (χ2n) is 6.71. The molecule has 2 heterocycles. The van der Waals surface area contributed by atoms with Gasteiger partial charge >= 0.3 is 0 Å². The molecule has 0 aromatic carbocycles. The Morgan fingerprint density at radius 2 is 2.18 bits per heavy atom. The van der Waals surface area contributed by atoms with E-state index in [1.54, 1.807) is 17.5 Å². The molecule has 2 amide bonds. The molecule has 0 N–H and O–H groups in total. The largest absolute Gasteiger partial charge is 0.280 e. The van der Waals surface area contributed by atoms with Gasteiger partial charge in [0, 0.05) is 17.0 Å². The standard InChI is InChI=1S/C17H20N2O2S/c1-10-5-6-18-13-7-12(22-15(10)13)8-19(9-20)16(21)14-11(2)17(14,3)4/h5-7,9,11,14H,8H2,1-4H3. The maximum atomic E-state index is 12.5. The number of carbonyl (C=O) groups is 2. The molecule has 22 heavy (non-hydrogen) atoms. The number of hydrogen-bond donors (Lipinski definition) is 0. The van der Waals surface area contributed by atoms with Gasteiger partial charge in [0.1, 0.15) is 0 Å². The van der Waals surface area contributed by atoms with E-state index in [0.29, 0.717) is 18.9 Å². The molecule has 0 spiro atoms. The van der Waals surface area contributed by atoms with E-state index in [4.69, 9.17) is 0 Å². The Morgan fingerprint density at radius 1 is 1.50 bits per heavy atom. The average molecular weight is 316 g/mol. The van der Waals surface area contributed by atoms with Crippen molar-refractivity contribution in [2.75, 3.05) is 0 Å². The summed E-state index contributed by atoms with van der Waals surface area (Å²) in [6.07, 6.45) is 2.44. The number of fused-ring (bicyclic) bond motifs is 1. The molecule has 1 saturated carbocycles. The lowest BCUT2D eigenvalue weighted by molar-refractivity contribution is -0.140. The first-order chi connectivity index (χ1) is 10.4. The summed E-state index contributed by atoms with van der Waals surface area (Å²) < 4.78 is 1.12. The molecule has 4 nitrogen and oxygen atoms in total. The smallest absolute Gasteiger partial charge is 0.233 e. The highest BCUT2D eigenvalue weighted by Crippen LogP contribution is 2.58. The van der Waals surface area contributed by atoms with Crippen LogP contribution in [0.4, 0.5) is 0 Å². The molecule has 2 aromatic heterocycles. The number of imide groups is 1. The minimum atomic E-state index is -0.0605. The van der Waals surface area contributed by atoms with E-state index >= 15 is 0 Å². The molecule has 3 rings (SSSR count). The van der Waals surface area contributed by atoms with E-state index < -0.39 is 0 Å². The summed E-state index contributed by atoms with van der Waals surface area (Å²) in [5, 5.41) is 0. The van der Waals surface area contributed by atoms with Gasteiger partial charge in [0.15, 0.2) is 0 Å². The van der Waals surface area contributed by atoms with Crippen molar-refractivity contribution in [2.24, 2.45) is 17.3 Å². The van der Waals surface area contributed by atoms with Crippen molar-refractivity contribution in [1.82, 2.24) is 9.88 Å². The maximum Gasteiger partial charge on any atom is 0.233 e.